The van der Waals surface area contributed by atoms with Crippen LogP contribution in [0.1, 0.15) is 70.9 Å². The molecule has 2 aromatic carbocycles. The van der Waals surface area contributed by atoms with Gasteiger partial charge in [0.05, 0.1) is 5.56 Å². The van der Waals surface area contributed by atoms with Gasteiger partial charge in [-0.25, -0.2) is 14.5 Å². The quantitative estimate of drug-likeness (QED) is 0.345. The number of allylic oxidation sites excluding steroid dienone is 1. The molecule has 0 saturated heterocycles. The Morgan fingerprint density at radius 3 is 2.48 bits per heavy atom. The first-order chi connectivity index (χ1) is 16.1. The maximum Gasteiger partial charge on any atom is 0.336 e. The van der Waals surface area contributed by atoms with E-state index in [-0.39, 0.29) is 17.3 Å². The standard InChI is InChI=1S/C27H29N3O3/c1-2-3-17-30-24(28-26(29-30)25(31)21-9-5-4-6-10-21)18-19-13-15-20(16-14-19)22-11-7-8-12-23(22)27(32)33/h2,7-8,11-16,21H,1,3-6,9-10,17-18H2,(H,32,33). The smallest absolute Gasteiger partial charge is 0.336 e. The Hall–Kier alpha value is -3.54. The number of carboxylic acids is 1. The molecule has 3 aromatic rings. The van der Waals surface area contributed by atoms with Gasteiger partial charge >= 0.3 is 5.97 Å². The van der Waals surface area contributed by atoms with Crippen LogP contribution in [-0.4, -0.2) is 31.6 Å². The Morgan fingerprint density at radius 2 is 1.79 bits per heavy atom. The number of benzene rings is 2. The van der Waals surface area contributed by atoms with Crippen molar-refractivity contribution in [3.63, 3.8) is 0 Å². The van der Waals surface area contributed by atoms with Gasteiger partial charge in [0.25, 0.3) is 0 Å². The van der Waals surface area contributed by atoms with E-state index >= 15 is 0 Å². The third-order valence-corrected chi connectivity index (χ3v) is 6.27. The zero-order valence-corrected chi connectivity index (χ0v) is 18.7. The Kier molecular flexibility index (Phi) is 7.13. The molecule has 1 aliphatic carbocycles. The summed E-state index contributed by atoms with van der Waals surface area (Å²) in [6.07, 6.45) is 8.37. The number of aromatic nitrogens is 3. The molecule has 1 aliphatic rings. The summed E-state index contributed by atoms with van der Waals surface area (Å²) in [5, 5.41) is 14.0. The van der Waals surface area contributed by atoms with Crippen LogP contribution in [0.15, 0.2) is 61.2 Å². The SMILES string of the molecule is C=CCCn1nc(C(=O)C2CCCCC2)nc1Cc1ccc(-c2ccccc2C(=O)O)cc1. The minimum absolute atomic E-state index is 0.0374. The molecule has 170 valence electrons. The van der Waals surface area contributed by atoms with E-state index in [0.29, 0.717) is 24.4 Å². The number of aromatic carboxylic acids is 1. The molecule has 6 heteroatoms. The highest BCUT2D eigenvalue weighted by molar-refractivity contribution is 5.96. The molecule has 1 N–H and O–H groups in total. The maximum absolute atomic E-state index is 13.0. The first kappa shape index (κ1) is 22.6. The van der Waals surface area contributed by atoms with Gasteiger partial charge in [-0.3, -0.25) is 4.79 Å². The summed E-state index contributed by atoms with van der Waals surface area (Å²) in [5.41, 5.74) is 2.83. The maximum atomic E-state index is 13.0. The average molecular weight is 444 g/mol. The lowest BCUT2D eigenvalue weighted by Gasteiger charge is -2.18. The van der Waals surface area contributed by atoms with Gasteiger partial charge in [-0.1, -0.05) is 67.8 Å². The van der Waals surface area contributed by atoms with Gasteiger partial charge in [0, 0.05) is 18.9 Å². The van der Waals surface area contributed by atoms with E-state index in [4.69, 9.17) is 0 Å². The van der Waals surface area contributed by atoms with Crippen molar-refractivity contribution in [2.24, 2.45) is 5.92 Å². The lowest BCUT2D eigenvalue weighted by atomic mass is 9.86. The van der Waals surface area contributed by atoms with Crippen LogP contribution < -0.4 is 0 Å². The second-order valence-corrected chi connectivity index (χ2v) is 8.58. The van der Waals surface area contributed by atoms with E-state index < -0.39 is 5.97 Å². The number of ketones is 1. The van der Waals surface area contributed by atoms with Gasteiger partial charge in [0.2, 0.25) is 11.6 Å². The van der Waals surface area contributed by atoms with Gasteiger partial charge in [-0.05, 0) is 42.0 Å². The van der Waals surface area contributed by atoms with E-state index in [1.807, 2.05) is 47.2 Å². The number of aryl methyl sites for hydroxylation is 1. The van der Waals surface area contributed by atoms with Crippen molar-refractivity contribution in [3.8, 4) is 11.1 Å². The zero-order valence-electron chi connectivity index (χ0n) is 18.7. The van der Waals surface area contributed by atoms with Crippen molar-refractivity contribution in [1.82, 2.24) is 14.8 Å². The molecule has 0 atom stereocenters. The number of hydrogen-bond donors (Lipinski definition) is 1. The van der Waals surface area contributed by atoms with Crippen LogP contribution >= 0.6 is 0 Å². The Morgan fingerprint density at radius 1 is 1.06 bits per heavy atom. The van der Waals surface area contributed by atoms with Crippen LogP contribution in [0.25, 0.3) is 11.1 Å². The molecule has 1 aromatic heterocycles. The lowest BCUT2D eigenvalue weighted by molar-refractivity contribution is 0.0697. The minimum Gasteiger partial charge on any atom is -0.478 e. The monoisotopic (exact) mass is 443 g/mol. The highest BCUT2D eigenvalue weighted by Gasteiger charge is 2.26. The molecule has 1 fully saturated rings. The highest BCUT2D eigenvalue weighted by Crippen LogP contribution is 2.27. The number of Topliss-reactive ketones (excluding diaryl/α,β-unsaturated/α-hetero) is 1. The summed E-state index contributed by atoms with van der Waals surface area (Å²) in [5.74, 6) is 0.243. The van der Waals surface area contributed by atoms with Crippen LogP contribution in [0.2, 0.25) is 0 Å². The molecule has 4 rings (SSSR count). The molecule has 1 saturated carbocycles. The predicted octanol–water partition coefficient (Wildman–Crippen LogP) is 5.57. The van der Waals surface area contributed by atoms with E-state index in [0.717, 1.165) is 49.1 Å². The van der Waals surface area contributed by atoms with Crippen molar-refractivity contribution in [3.05, 3.63) is 84.0 Å². The fourth-order valence-corrected chi connectivity index (χ4v) is 4.46. The van der Waals surface area contributed by atoms with Gasteiger partial charge in [-0.15, -0.1) is 11.7 Å². The summed E-state index contributed by atoms with van der Waals surface area (Å²) in [7, 11) is 0. The summed E-state index contributed by atoms with van der Waals surface area (Å²) in [6, 6.07) is 14.8. The van der Waals surface area contributed by atoms with Gasteiger partial charge < -0.3 is 5.11 Å². The number of rotatable bonds is 9. The van der Waals surface area contributed by atoms with Gasteiger partial charge in [-0.2, -0.15) is 0 Å². The van der Waals surface area contributed by atoms with E-state index in [2.05, 4.69) is 16.7 Å². The Labute approximate surface area is 194 Å². The number of carbonyl (C=O) groups is 2. The fourth-order valence-electron chi connectivity index (χ4n) is 4.46. The average Bonchev–Trinajstić information content (AvgIpc) is 3.25. The lowest BCUT2D eigenvalue weighted by Crippen LogP contribution is -2.19. The van der Waals surface area contributed by atoms with Crippen molar-refractivity contribution in [2.75, 3.05) is 0 Å². The van der Waals surface area contributed by atoms with E-state index in [9.17, 15) is 14.7 Å². The molecule has 6 nitrogen and oxygen atoms in total. The van der Waals surface area contributed by atoms with Gasteiger partial charge in [0.15, 0.2) is 0 Å². The molecule has 0 unspecified atom stereocenters. The molecule has 33 heavy (non-hydrogen) atoms. The van der Waals surface area contributed by atoms with Crippen LogP contribution in [0.4, 0.5) is 0 Å². The van der Waals surface area contributed by atoms with Crippen LogP contribution in [-0.2, 0) is 13.0 Å². The van der Waals surface area contributed by atoms with E-state index in [1.165, 1.54) is 6.42 Å². The topological polar surface area (TPSA) is 85.1 Å². The van der Waals surface area contributed by atoms with Crippen LogP contribution in [0, 0.1) is 5.92 Å². The number of hydrogen-bond acceptors (Lipinski definition) is 4. The van der Waals surface area contributed by atoms with Crippen molar-refractivity contribution in [2.45, 2.75) is 51.5 Å². The van der Waals surface area contributed by atoms with Crippen molar-refractivity contribution < 1.29 is 14.7 Å². The van der Waals surface area contributed by atoms with Crippen LogP contribution in [0.3, 0.4) is 0 Å². The Balaban J connectivity index is 1.56. The second-order valence-electron chi connectivity index (χ2n) is 8.58. The molecule has 0 aliphatic heterocycles. The first-order valence-corrected chi connectivity index (χ1v) is 11.6. The molecule has 0 radical (unpaired) electrons. The van der Waals surface area contributed by atoms with Crippen molar-refractivity contribution in [1.29, 1.82) is 0 Å². The molecule has 0 spiro atoms. The third kappa shape index (κ3) is 5.28. The largest absolute Gasteiger partial charge is 0.478 e. The number of carboxylic acid groups (broad SMARTS) is 1. The van der Waals surface area contributed by atoms with Crippen LogP contribution in [0.5, 0.6) is 0 Å². The van der Waals surface area contributed by atoms with Gasteiger partial charge in [0.1, 0.15) is 5.82 Å². The third-order valence-electron chi connectivity index (χ3n) is 6.27. The molecular weight excluding hydrogens is 414 g/mol. The van der Waals surface area contributed by atoms with Crippen molar-refractivity contribution >= 4 is 11.8 Å². The summed E-state index contributed by atoms with van der Waals surface area (Å²) >= 11 is 0. The normalized spacial score (nSPS) is 14.2. The fraction of sp³-hybridized carbons (Fsp3) is 0.333. The predicted molar refractivity (Wildman–Crippen MR) is 127 cm³/mol. The van der Waals surface area contributed by atoms with E-state index in [1.54, 1.807) is 12.1 Å². The Bertz CT molecular complexity index is 1140. The molecule has 0 bridgehead atoms. The zero-order chi connectivity index (χ0) is 23.2. The molecular formula is C27H29N3O3. The summed E-state index contributed by atoms with van der Waals surface area (Å²) < 4.78 is 1.82. The summed E-state index contributed by atoms with van der Waals surface area (Å²) in [4.78, 5) is 29.2. The number of nitrogens with zero attached hydrogens (tertiary/aromatic N) is 3. The minimum atomic E-state index is -0.944. The molecule has 1 heterocycles. The number of carbonyl (C=O) groups excluding carboxylic acids is 1. The highest BCUT2D eigenvalue weighted by atomic mass is 16.4. The molecule has 0 amide bonds. The second kappa shape index (κ2) is 10.4. The first-order valence-electron chi connectivity index (χ1n) is 11.6. The summed E-state index contributed by atoms with van der Waals surface area (Å²) in [6.45, 7) is 4.43.